The number of nitriles is 1. The standard InChI is InChI=1S/C16H20ClFN2.C8H8N2O3.C7H6ClF/c1-16(2,3)7-14-11(8-19)12(9-20-14)10-5-4-6-13(17)15(10)18;1-13-8(12)6-2-3-7(9-4-6)10-5-11;1-5-2-3-6(8)4-7(5)9/h4-6,11-12,14,20H,7,9H2,1-3H3;2-5H,1H3,(H,9,10,11);2-4H,1H3. The Balaban J connectivity index is 0.000000240. The van der Waals surface area contributed by atoms with E-state index >= 15 is 0 Å². The quantitative estimate of drug-likeness (QED) is 0.229. The molecular weight excluding hydrogens is 585 g/mol. The van der Waals surface area contributed by atoms with Gasteiger partial charge in [0.25, 0.3) is 0 Å². The molecule has 1 aromatic heterocycles. The number of carbonyl (C=O) groups is 2. The predicted octanol–water partition coefficient (Wildman–Crippen LogP) is 7.33. The smallest absolute Gasteiger partial charge is 0.339 e. The van der Waals surface area contributed by atoms with Gasteiger partial charge < -0.3 is 15.4 Å². The Kier molecular flexibility index (Phi) is 13.3. The molecule has 0 radical (unpaired) electrons. The van der Waals surface area contributed by atoms with E-state index in [0.29, 0.717) is 40.5 Å². The second-order valence-electron chi connectivity index (χ2n) is 10.8. The monoisotopic (exact) mass is 618 g/mol. The number of ether oxygens (including phenoxy) is 1. The summed E-state index contributed by atoms with van der Waals surface area (Å²) in [6.45, 7) is 8.77. The highest BCUT2D eigenvalue weighted by Gasteiger charge is 2.39. The fourth-order valence-corrected chi connectivity index (χ4v) is 4.65. The Bertz CT molecular complexity index is 1390. The zero-order valence-electron chi connectivity index (χ0n) is 24.1. The van der Waals surface area contributed by atoms with E-state index in [-0.39, 0.29) is 34.1 Å². The number of benzene rings is 2. The van der Waals surface area contributed by atoms with Crippen molar-refractivity contribution in [1.82, 2.24) is 10.3 Å². The van der Waals surface area contributed by atoms with Crippen LogP contribution >= 0.6 is 23.2 Å². The lowest BCUT2D eigenvalue weighted by Crippen LogP contribution is -2.31. The molecule has 4 rings (SSSR count). The molecule has 1 saturated heterocycles. The van der Waals surface area contributed by atoms with Crippen LogP contribution in [0.3, 0.4) is 0 Å². The molecule has 7 nitrogen and oxygen atoms in total. The summed E-state index contributed by atoms with van der Waals surface area (Å²) < 4.78 is 31.1. The average molecular weight is 620 g/mol. The molecule has 1 fully saturated rings. The predicted molar refractivity (Wildman–Crippen MR) is 161 cm³/mol. The molecule has 1 aliphatic heterocycles. The summed E-state index contributed by atoms with van der Waals surface area (Å²) in [5.74, 6) is -1.05. The summed E-state index contributed by atoms with van der Waals surface area (Å²) in [6.07, 6.45) is 2.74. The molecule has 3 aromatic rings. The first kappa shape index (κ1) is 34.6. The van der Waals surface area contributed by atoms with Crippen LogP contribution in [0.15, 0.2) is 54.7 Å². The number of halogens is 4. The molecule has 2 heterocycles. The molecule has 1 aliphatic rings. The lowest BCUT2D eigenvalue weighted by atomic mass is 9.79. The molecule has 0 saturated carbocycles. The largest absolute Gasteiger partial charge is 0.465 e. The van der Waals surface area contributed by atoms with Gasteiger partial charge in [-0.15, -0.1) is 0 Å². The highest BCUT2D eigenvalue weighted by molar-refractivity contribution is 6.31. The zero-order chi connectivity index (χ0) is 31.4. The second kappa shape index (κ2) is 16.2. The van der Waals surface area contributed by atoms with Gasteiger partial charge in [0.1, 0.15) is 17.5 Å². The summed E-state index contributed by atoms with van der Waals surface area (Å²) in [6, 6.07) is 15.1. The third-order valence-corrected chi connectivity index (χ3v) is 6.88. The van der Waals surface area contributed by atoms with Gasteiger partial charge in [0.15, 0.2) is 0 Å². The SMILES string of the molecule is CC(C)(C)CC1NCC(c2cccc(Cl)c2F)C1C#N.COC(=O)c1ccc(NC=O)nc1.Cc1ccc(Cl)cc1F. The van der Waals surface area contributed by atoms with Crippen LogP contribution < -0.4 is 10.6 Å². The average Bonchev–Trinajstić information content (AvgIpc) is 3.34. The zero-order valence-corrected chi connectivity index (χ0v) is 25.6. The Morgan fingerprint density at radius 2 is 1.93 bits per heavy atom. The van der Waals surface area contributed by atoms with Gasteiger partial charge in [0.05, 0.1) is 29.7 Å². The number of carbonyl (C=O) groups excluding carboxylic acids is 2. The second-order valence-corrected chi connectivity index (χ2v) is 11.6. The minimum atomic E-state index is -0.454. The molecule has 224 valence electrons. The first-order valence-corrected chi connectivity index (χ1v) is 13.8. The molecule has 42 heavy (non-hydrogen) atoms. The van der Waals surface area contributed by atoms with Crippen molar-refractivity contribution in [3.63, 3.8) is 0 Å². The molecule has 3 atom stereocenters. The van der Waals surface area contributed by atoms with Crippen molar-refractivity contribution in [2.45, 2.75) is 46.1 Å². The van der Waals surface area contributed by atoms with Crippen LogP contribution in [-0.4, -0.2) is 37.1 Å². The third-order valence-electron chi connectivity index (χ3n) is 6.35. The van der Waals surface area contributed by atoms with Gasteiger partial charge in [-0.05, 0) is 60.2 Å². The number of esters is 1. The number of hydrogen-bond donors (Lipinski definition) is 2. The van der Waals surface area contributed by atoms with E-state index in [1.54, 1.807) is 31.2 Å². The number of aryl methyl sites for hydroxylation is 1. The summed E-state index contributed by atoms with van der Waals surface area (Å²) in [5, 5.41) is 15.8. The van der Waals surface area contributed by atoms with Crippen LogP contribution in [0, 0.1) is 41.2 Å². The number of anilines is 1. The minimum Gasteiger partial charge on any atom is -0.465 e. The lowest BCUT2D eigenvalue weighted by molar-refractivity contribution is -0.105. The molecule has 0 aliphatic carbocycles. The molecule has 2 N–H and O–H groups in total. The van der Waals surface area contributed by atoms with Crippen molar-refractivity contribution in [2.24, 2.45) is 11.3 Å². The Morgan fingerprint density at radius 1 is 1.21 bits per heavy atom. The fraction of sp³-hybridized carbons (Fsp3) is 0.355. The molecule has 2 aromatic carbocycles. The molecule has 0 bridgehead atoms. The molecular formula is C31H34Cl2F2N4O3. The third kappa shape index (κ3) is 10.4. The van der Waals surface area contributed by atoms with Gasteiger partial charge >= 0.3 is 5.97 Å². The van der Waals surface area contributed by atoms with E-state index in [2.05, 4.69) is 47.2 Å². The molecule has 3 unspecified atom stereocenters. The number of amides is 1. The number of nitrogens with one attached hydrogen (secondary N) is 2. The topological polar surface area (TPSA) is 104 Å². The molecule has 11 heteroatoms. The van der Waals surface area contributed by atoms with E-state index in [0.717, 1.165) is 6.42 Å². The minimum absolute atomic E-state index is 0.100. The van der Waals surface area contributed by atoms with Crippen LogP contribution in [0.2, 0.25) is 10.0 Å². The Morgan fingerprint density at radius 3 is 2.45 bits per heavy atom. The number of hydrogen-bond acceptors (Lipinski definition) is 6. The van der Waals surface area contributed by atoms with Gasteiger partial charge in [-0.25, -0.2) is 18.6 Å². The Labute approximate surface area is 255 Å². The summed E-state index contributed by atoms with van der Waals surface area (Å²) in [5.41, 5.74) is 1.65. The van der Waals surface area contributed by atoms with Crippen molar-refractivity contribution in [3.05, 3.63) is 93.1 Å². The van der Waals surface area contributed by atoms with Crippen LogP contribution in [0.1, 0.15) is 54.6 Å². The number of rotatable bonds is 5. The van der Waals surface area contributed by atoms with Crippen molar-refractivity contribution in [2.75, 3.05) is 19.0 Å². The molecule has 0 spiro atoms. The maximum Gasteiger partial charge on any atom is 0.339 e. The van der Waals surface area contributed by atoms with E-state index < -0.39 is 11.8 Å². The fourth-order valence-electron chi connectivity index (χ4n) is 4.31. The van der Waals surface area contributed by atoms with Crippen LogP contribution in [0.4, 0.5) is 14.6 Å². The van der Waals surface area contributed by atoms with E-state index in [1.807, 2.05) is 0 Å². The first-order valence-electron chi connectivity index (χ1n) is 13.0. The van der Waals surface area contributed by atoms with E-state index in [4.69, 9.17) is 23.2 Å². The van der Waals surface area contributed by atoms with E-state index in [9.17, 15) is 23.6 Å². The van der Waals surface area contributed by atoms with Gasteiger partial charge in [0, 0.05) is 29.7 Å². The summed E-state index contributed by atoms with van der Waals surface area (Å²) >= 11 is 11.3. The van der Waals surface area contributed by atoms with E-state index in [1.165, 1.54) is 37.6 Å². The van der Waals surface area contributed by atoms with Crippen molar-refractivity contribution in [1.29, 1.82) is 5.26 Å². The van der Waals surface area contributed by atoms with Crippen molar-refractivity contribution < 1.29 is 23.1 Å². The summed E-state index contributed by atoms with van der Waals surface area (Å²) in [7, 11) is 1.29. The lowest BCUT2D eigenvalue weighted by Gasteiger charge is -2.26. The number of nitrogens with zero attached hydrogens (tertiary/aromatic N) is 2. The maximum atomic E-state index is 14.2. The number of methoxy groups -OCH3 is 1. The van der Waals surface area contributed by atoms with Gasteiger partial charge in [-0.1, -0.05) is 62.2 Å². The first-order chi connectivity index (χ1) is 19.8. The molecule has 1 amide bonds. The van der Waals surface area contributed by atoms with Gasteiger partial charge in [-0.3, -0.25) is 4.79 Å². The van der Waals surface area contributed by atoms with Crippen molar-refractivity contribution in [3.8, 4) is 6.07 Å². The van der Waals surface area contributed by atoms with Crippen molar-refractivity contribution >= 4 is 41.4 Å². The normalized spacial score (nSPS) is 17.5. The highest BCUT2D eigenvalue weighted by atomic mass is 35.5. The Hall–Kier alpha value is -3.58. The maximum absolute atomic E-state index is 14.2. The van der Waals surface area contributed by atoms with Gasteiger partial charge in [0.2, 0.25) is 6.41 Å². The van der Waals surface area contributed by atoms with Crippen LogP contribution in [0.25, 0.3) is 0 Å². The van der Waals surface area contributed by atoms with Gasteiger partial charge in [-0.2, -0.15) is 5.26 Å². The summed E-state index contributed by atoms with van der Waals surface area (Å²) in [4.78, 5) is 24.7. The number of aromatic nitrogens is 1. The van der Waals surface area contributed by atoms with Crippen LogP contribution in [0.5, 0.6) is 0 Å². The van der Waals surface area contributed by atoms with Crippen LogP contribution in [-0.2, 0) is 9.53 Å². The highest BCUT2D eigenvalue weighted by Crippen LogP contribution is 2.38. The number of pyridine rings is 1.